The second-order valence-electron chi connectivity index (χ2n) is 8.63. The fraction of sp³-hybridized carbons (Fsp3) is 0.321. The van der Waals surface area contributed by atoms with Crippen LogP contribution in [0.15, 0.2) is 66.7 Å². The zero-order valence-electron chi connectivity index (χ0n) is 19.8. The number of amides is 1. The molecule has 0 aliphatic carbocycles. The van der Waals surface area contributed by atoms with E-state index in [1.165, 1.54) is 16.7 Å². The molecule has 1 aliphatic rings. The minimum atomic E-state index is -0.113. The van der Waals surface area contributed by atoms with Crippen LogP contribution >= 0.6 is 0 Å². The Bertz CT molecular complexity index is 1110. The summed E-state index contributed by atoms with van der Waals surface area (Å²) in [5.41, 5.74) is 5.34. The second kappa shape index (κ2) is 10.1. The van der Waals surface area contributed by atoms with Gasteiger partial charge >= 0.3 is 0 Å². The van der Waals surface area contributed by atoms with Crippen molar-refractivity contribution < 1.29 is 14.3 Å². The molecular formula is C28H32N2O3. The van der Waals surface area contributed by atoms with E-state index in [0.717, 1.165) is 30.8 Å². The average Bonchev–Trinajstić information content (AvgIpc) is 2.83. The topological polar surface area (TPSA) is 50.8 Å². The van der Waals surface area contributed by atoms with E-state index in [4.69, 9.17) is 9.47 Å². The van der Waals surface area contributed by atoms with Gasteiger partial charge in [0.15, 0.2) is 11.5 Å². The van der Waals surface area contributed by atoms with Gasteiger partial charge < -0.3 is 14.8 Å². The Labute approximate surface area is 196 Å². The number of carbonyl (C=O) groups is 1. The summed E-state index contributed by atoms with van der Waals surface area (Å²) in [5, 5.41) is 3.28. The van der Waals surface area contributed by atoms with Crippen molar-refractivity contribution in [2.24, 2.45) is 0 Å². The van der Waals surface area contributed by atoms with Crippen LogP contribution in [0.5, 0.6) is 11.5 Å². The van der Waals surface area contributed by atoms with Gasteiger partial charge in [0, 0.05) is 24.7 Å². The molecule has 0 fully saturated rings. The molecular weight excluding hydrogens is 412 g/mol. The highest BCUT2D eigenvalue weighted by Gasteiger charge is 2.34. The number of aryl methyl sites for hydroxylation is 1. The molecule has 3 aromatic carbocycles. The van der Waals surface area contributed by atoms with Gasteiger partial charge in [0.05, 0.1) is 20.3 Å². The fourth-order valence-corrected chi connectivity index (χ4v) is 4.80. The molecule has 1 amide bonds. The van der Waals surface area contributed by atoms with Crippen molar-refractivity contribution in [3.63, 3.8) is 0 Å². The largest absolute Gasteiger partial charge is 0.493 e. The van der Waals surface area contributed by atoms with Crippen molar-refractivity contribution in [3.05, 3.63) is 94.5 Å². The Morgan fingerprint density at radius 1 is 1.03 bits per heavy atom. The first-order valence-electron chi connectivity index (χ1n) is 11.4. The van der Waals surface area contributed by atoms with Crippen molar-refractivity contribution in [2.45, 2.75) is 38.9 Å². The maximum atomic E-state index is 13.1. The van der Waals surface area contributed by atoms with Crippen LogP contribution in [0.4, 0.5) is 0 Å². The first-order chi connectivity index (χ1) is 16.0. The van der Waals surface area contributed by atoms with Gasteiger partial charge in [0.2, 0.25) is 0 Å². The lowest BCUT2D eigenvalue weighted by molar-refractivity contribution is 0.0876. The lowest BCUT2D eigenvalue weighted by Crippen LogP contribution is -2.47. The summed E-state index contributed by atoms with van der Waals surface area (Å²) in [5.74, 6) is 1.40. The van der Waals surface area contributed by atoms with Crippen molar-refractivity contribution >= 4 is 5.91 Å². The zero-order chi connectivity index (χ0) is 23.4. The molecule has 33 heavy (non-hydrogen) atoms. The van der Waals surface area contributed by atoms with Gasteiger partial charge in [0.25, 0.3) is 5.91 Å². The standard InChI is InChI=1S/C28H32N2O3/c1-19-10-8-9-13-23(19)28(31)29-20(2)27-24-17-26(33-4)25(32-3)16-22(24)14-15-30(27)18-21-11-6-5-7-12-21/h5-13,16-17,20,27H,14-15,18H2,1-4H3,(H,29,31). The predicted molar refractivity (Wildman–Crippen MR) is 131 cm³/mol. The summed E-state index contributed by atoms with van der Waals surface area (Å²) in [6, 6.07) is 22.2. The highest BCUT2D eigenvalue weighted by atomic mass is 16.5. The molecule has 4 rings (SSSR count). The molecule has 0 aromatic heterocycles. The van der Waals surface area contributed by atoms with Gasteiger partial charge in [-0.1, -0.05) is 48.5 Å². The number of benzene rings is 3. The molecule has 2 unspecified atom stereocenters. The average molecular weight is 445 g/mol. The molecule has 0 saturated heterocycles. The van der Waals surface area contributed by atoms with E-state index in [9.17, 15) is 4.79 Å². The molecule has 172 valence electrons. The molecule has 5 heteroatoms. The van der Waals surface area contributed by atoms with E-state index >= 15 is 0 Å². The first kappa shape index (κ1) is 22.9. The van der Waals surface area contributed by atoms with Gasteiger partial charge in [-0.15, -0.1) is 0 Å². The van der Waals surface area contributed by atoms with Crippen LogP contribution in [0.25, 0.3) is 0 Å². The second-order valence-corrected chi connectivity index (χ2v) is 8.63. The summed E-state index contributed by atoms with van der Waals surface area (Å²) in [4.78, 5) is 15.6. The van der Waals surface area contributed by atoms with E-state index in [1.54, 1.807) is 14.2 Å². The number of hydrogen-bond donors (Lipinski definition) is 1. The molecule has 3 aromatic rings. The van der Waals surface area contributed by atoms with Crippen molar-refractivity contribution in [2.75, 3.05) is 20.8 Å². The van der Waals surface area contributed by atoms with Gasteiger partial charge in [-0.05, 0) is 60.7 Å². The van der Waals surface area contributed by atoms with Crippen LogP contribution in [0, 0.1) is 6.92 Å². The highest BCUT2D eigenvalue weighted by molar-refractivity contribution is 5.95. The van der Waals surface area contributed by atoms with Crippen molar-refractivity contribution in [1.82, 2.24) is 10.2 Å². The Morgan fingerprint density at radius 2 is 1.70 bits per heavy atom. The Kier molecular flexibility index (Phi) is 6.99. The smallest absolute Gasteiger partial charge is 0.251 e. The third-order valence-corrected chi connectivity index (χ3v) is 6.48. The van der Waals surface area contributed by atoms with E-state index in [0.29, 0.717) is 11.3 Å². The number of fused-ring (bicyclic) bond motifs is 1. The summed E-state index contributed by atoms with van der Waals surface area (Å²) in [7, 11) is 3.32. The number of rotatable bonds is 7. The first-order valence-corrected chi connectivity index (χ1v) is 11.4. The molecule has 2 atom stereocenters. The molecule has 1 aliphatic heterocycles. The van der Waals surface area contributed by atoms with Gasteiger partial charge in [0.1, 0.15) is 0 Å². The molecule has 0 radical (unpaired) electrons. The predicted octanol–water partition coefficient (Wildman–Crippen LogP) is 4.93. The summed E-state index contributed by atoms with van der Waals surface area (Å²) >= 11 is 0. The van der Waals surface area contributed by atoms with Crippen molar-refractivity contribution in [3.8, 4) is 11.5 Å². The summed E-state index contributed by atoms with van der Waals surface area (Å²) in [6.07, 6.45) is 0.914. The molecule has 1 N–H and O–H groups in total. The fourth-order valence-electron chi connectivity index (χ4n) is 4.80. The maximum absolute atomic E-state index is 13.1. The van der Waals surface area contributed by atoms with Gasteiger partial charge in [-0.3, -0.25) is 9.69 Å². The number of nitrogens with zero attached hydrogens (tertiary/aromatic N) is 1. The lowest BCUT2D eigenvalue weighted by Gasteiger charge is -2.41. The lowest BCUT2D eigenvalue weighted by atomic mass is 9.87. The minimum Gasteiger partial charge on any atom is -0.493 e. The third-order valence-electron chi connectivity index (χ3n) is 6.48. The Morgan fingerprint density at radius 3 is 2.39 bits per heavy atom. The molecule has 1 heterocycles. The minimum absolute atomic E-state index is 0.00160. The highest BCUT2D eigenvalue weighted by Crippen LogP contribution is 2.40. The van der Waals surface area contributed by atoms with Crippen LogP contribution in [0.3, 0.4) is 0 Å². The van der Waals surface area contributed by atoms with Crippen LogP contribution < -0.4 is 14.8 Å². The molecule has 0 bridgehead atoms. The van der Waals surface area contributed by atoms with E-state index in [1.807, 2.05) is 37.3 Å². The Balaban J connectivity index is 1.69. The summed E-state index contributed by atoms with van der Waals surface area (Å²) < 4.78 is 11.2. The Hall–Kier alpha value is -3.31. The molecule has 0 saturated carbocycles. The van der Waals surface area contributed by atoms with Gasteiger partial charge in [-0.25, -0.2) is 0 Å². The van der Waals surface area contributed by atoms with E-state index in [2.05, 4.69) is 53.5 Å². The number of methoxy groups -OCH3 is 2. The number of ether oxygens (including phenoxy) is 2. The van der Waals surface area contributed by atoms with Crippen LogP contribution in [-0.2, 0) is 13.0 Å². The quantitative estimate of drug-likeness (QED) is 0.561. The maximum Gasteiger partial charge on any atom is 0.251 e. The zero-order valence-corrected chi connectivity index (χ0v) is 19.8. The van der Waals surface area contributed by atoms with Gasteiger partial charge in [-0.2, -0.15) is 0 Å². The van der Waals surface area contributed by atoms with E-state index in [-0.39, 0.29) is 18.0 Å². The van der Waals surface area contributed by atoms with E-state index < -0.39 is 0 Å². The number of nitrogens with one attached hydrogen (secondary N) is 1. The number of hydrogen-bond acceptors (Lipinski definition) is 4. The van der Waals surface area contributed by atoms with Crippen LogP contribution in [-0.4, -0.2) is 37.6 Å². The van der Waals surface area contributed by atoms with Crippen molar-refractivity contribution in [1.29, 1.82) is 0 Å². The third kappa shape index (κ3) is 4.88. The monoisotopic (exact) mass is 444 g/mol. The summed E-state index contributed by atoms with van der Waals surface area (Å²) in [6.45, 7) is 5.76. The molecule has 5 nitrogen and oxygen atoms in total. The normalized spacial score (nSPS) is 16.5. The SMILES string of the molecule is COc1cc2c(cc1OC)C(C(C)NC(=O)c1ccccc1C)N(Cc1ccccc1)CC2. The number of carbonyl (C=O) groups excluding carboxylic acids is 1. The molecule has 0 spiro atoms. The van der Waals surface area contributed by atoms with Crippen LogP contribution in [0.2, 0.25) is 0 Å². The van der Waals surface area contributed by atoms with Crippen LogP contribution in [0.1, 0.15) is 45.6 Å².